The number of hydrogen-bond donors (Lipinski definition) is 3. The van der Waals surface area contributed by atoms with Crippen molar-refractivity contribution in [2.45, 2.75) is 18.9 Å². The molecule has 2 amide bonds. The van der Waals surface area contributed by atoms with Crippen LogP contribution < -0.4 is 10.6 Å². The maximum absolute atomic E-state index is 13.5. The number of carbonyl (C=O) groups excluding carboxylic acids is 2. The topological polar surface area (TPSA) is 95.5 Å². The number of amides is 2. The fraction of sp³-hybridized carbons (Fsp3) is 0.214. The van der Waals surface area contributed by atoms with Gasteiger partial charge in [-0.1, -0.05) is 0 Å². The van der Waals surface area contributed by atoms with E-state index in [1.54, 1.807) is 0 Å². The molecule has 0 spiro atoms. The molecule has 1 heterocycles. The first-order chi connectivity index (χ1) is 9.95. The molecule has 1 atom stereocenters. The zero-order valence-corrected chi connectivity index (χ0v) is 10.9. The molecule has 110 valence electrons. The highest BCUT2D eigenvalue weighted by Crippen LogP contribution is 2.17. The zero-order chi connectivity index (χ0) is 15.4. The third-order valence-corrected chi connectivity index (χ3v) is 2.98. The molecule has 1 aliphatic rings. The lowest BCUT2D eigenvalue weighted by atomic mass is 10.1. The first-order valence-electron chi connectivity index (χ1n) is 6.26. The first kappa shape index (κ1) is 14.7. The molecular formula is C14H13FN2O4. The molecule has 0 bridgehead atoms. The molecule has 1 aromatic carbocycles. The molecule has 0 saturated carbocycles. The van der Waals surface area contributed by atoms with Gasteiger partial charge in [0.15, 0.2) is 0 Å². The van der Waals surface area contributed by atoms with Crippen LogP contribution in [-0.2, 0) is 14.4 Å². The number of hydrogen-bond acceptors (Lipinski definition) is 3. The Morgan fingerprint density at radius 1 is 1.43 bits per heavy atom. The molecule has 0 radical (unpaired) electrons. The van der Waals surface area contributed by atoms with Gasteiger partial charge >= 0.3 is 5.97 Å². The number of nitrogens with one attached hydrogen (secondary N) is 2. The predicted octanol–water partition coefficient (Wildman–Crippen LogP) is 1.14. The van der Waals surface area contributed by atoms with E-state index in [1.807, 2.05) is 0 Å². The van der Waals surface area contributed by atoms with Gasteiger partial charge in [-0.2, -0.15) is 0 Å². The molecule has 1 unspecified atom stereocenters. The van der Waals surface area contributed by atoms with E-state index in [-0.39, 0.29) is 17.4 Å². The van der Waals surface area contributed by atoms with Gasteiger partial charge in [0.25, 0.3) is 0 Å². The van der Waals surface area contributed by atoms with Gasteiger partial charge in [-0.25, -0.2) is 9.18 Å². The molecule has 3 N–H and O–H groups in total. The van der Waals surface area contributed by atoms with Crippen molar-refractivity contribution in [1.29, 1.82) is 0 Å². The molecule has 1 saturated heterocycles. The summed E-state index contributed by atoms with van der Waals surface area (Å²) < 4.78 is 13.5. The van der Waals surface area contributed by atoms with E-state index in [9.17, 15) is 18.8 Å². The summed E-state index contributed by atoms with van der Waals surface area (Å²) in [4.78, 5) is 33.4. The second-order valence-electron chi connectivity index (χ2n) is 4.56. The van der Waals surface area contributed by atoms with Crippen LogP contribution in [0.2, 0.25) is 0 Å². The Hall–Kier alpha value is -2.70. The average Bonchev–Trinajstić information content (AvgIpc) is 2.86. The minimum Gasteiger partial charge on any atom is -0.478 e. The van der Waals surface area contributed by atoms with Crippen molar-refractivity contribution in [3.8, 4) is 0 Å². The van der Waals surface area contributed by atoms with Crippen molar-refractivity contribution in [3.05, 3.63) is 35.7 Å². The summed E-state index contributed by atoms with van der Waals surface area (Å²) in [6, 6.07) is 3.22. The van der Waals surface area contributed by atoms with Crippen LogP contribution in [0.25, 0.3) is 6.08 Å². The van der Waals surface area contributed by atoms with Crippen molar-refractivity contribution < 1.29 is 23.9 Å². The van der Waals surface area contributed by atoms with Crippen LogP contribution in [0, 0.1) is 5.82 Å². The van der Waals surface area contributed by atoms with E-state index in [4.69, 9.17) is 5.11 Å². The standard InChI is InChI=1S/C14H13FN2O4/c15-10-3-2-9(7-8(10)1-6-13(19)20)16-14(21)11-4-5-12(18)17-11/h1-3,6-7,11H,4-5H2,(H,16,21)(H,17,18)(H,19,20)/b6-1+. The van der Waals surface area contributed by atoms with Crippen LogP contribution in [0.3, 0.4) is 0 Å². The highest BCUT2D eigenvalue weighted by Gasteiger charge is 2.27. The lowest BCUT2D eigenvalue weighted by Crippen LogP contribution is -2.37. The van der Waals surface area contributed by atoms with Gasteiger partial charge in [0.05, 0.1) is 0 Å². The van der Waals surface area contributed by atoms with E-state index < -0.39 is 17.8 Å². The summed E-state index contributed by atoms with van der Waals surface area (Å²) in [6.07, 6.45) is 2.62. The number of carboxylic acids is 1. The maximum Gasteiger partial charge on any atom is 0.328 e. The van der Waals surface area contributed by atoms with Crippen LogP contribution in [0.4, 0.5) is 10.1 Å². The van der Waals surface area contributed by atoms with E-state index in [2.05, 4.69) is 10.6 Å². The van der Waals surface area contributed by atoms with Crippen LogP contribution in [0.1, 0.15) is 18.4 Å². The summed E-state index contributed by atoms with van der Waals surface area (Å²) >= 11 is 0. The third-order valence-electron chi connectivity index (χ3n) is 2.98. The highest BCUT2D eigenvalue weighted by atomic mass is 19.1. The predicted molar refractivity (Wildman–Crippen MR) is 72.9 cm³/mol. The number of anilines is 1. The van der Waals surface area contributed by atoms with Gasteiger partial charge in [0.2, 0.25) is 11.8 Å². The molecule has 2 rings (SSSR count). The number of halogens is 1. The summed E-state index contributed by atoms with van der Waals surface area (Å²) in [7, 11) is 0. The van der Waals surface area contributed by atoms with Gasteiger partial charge < -0.3 is 15.7 Å². The lowest BCUT2D eigenvalue weighted by Gasteiger charge is -2.11. The first-order valence-corrected chi connectivity index (χ1v) is 6.26. The van der Waals surface area contributed by atoms with Gasteiger partial charge in [0.1, 0.15) is 11.9 Å². The molecule has 1 aromatic rings. The Morgan fingerprint density at radius 3 is 2.81 bits per heavy atom. The monoisotopic (exact) mass is 292 g/mol. The Morgan fingerprint density at radius 2 is 2.19 bits per heavy atom. The number of carbonyl (C=O) groups is 3. The molecule has 1 aliphatic heterocycles. The number of rotatable bonds is 4. The quantitative estimate of drug-likeness (QED) is 0.725. The Balaban J connectivity index is 2.10. The minimum absolute atomic E-state index is 0.0469. The normalized spacial score (nSPS) is 17.8. The van der Waals surface area contributed by atoms with Gasteiger partial charge in [-0.15, -0.1) is 0 Å². The summed E-state index contributed by atoms with van der Waals surface area (Å²) in [5.74, 6) is -2.36. The minimum atomic E-state index is -1.20. The molecule has 6 nitrogen and oxygen atoms in total. The largest absolute Gasteiger partial charge is 0.478 e. The molecule has 1 fully saturated rings. The van der Waals surface area contributed by atoms with Gasteiger partial charge in [0, 0.05) is 23.7 Å². The summed E-state index contributed by atoms with van der Waals surface area (Å²) in [5.41, 5.74) is 0.373. The van der Waals surface area contributed by atoms with Crippen LogP contribution in [0.5, 0.6) is 0 Å². The van der Waals surface area contributed by atoms with Crippen LogP contribution in [0.15, 0.2) is 24.3 Å². The molecule has 21 heavy (non-hydrogen) atoms. The molecule has 7 heteroatoms. The van der Waals surface area contributed by atoms with Crippen molar-refractivity contribution in [3.63, 3.8) is 0 Å². The highest BCUT2D eigenvalue weighted by molar-refractivity contribution is 5.99. The Bertz CT molecular complexity index is 627. The van der Waals surface area contributed by atoms with Gasteiger partial charge in [-0.05, 0) is 30.7 Å². The molecule has 0 aliphatic carbocycles. The van der Waals surface area contributed by atoms with Crippen molar-refractivity contribution in [2.24, 2.45) is 0 Å². The number of benzene rings is 1. The van der Waals surface area contributed by atoms with E-state index in [1.165, 1.54) is 12.1 Å². The third kappa shape index (κ3) is 3.88. The number of carboxylic acid groups (broad SMARTS) is 1. The van der Waals surface area contributed by atoms with Crippen LogP contribution >= 0.6 is 0 Å². The SMILES string of the molecule is O=C(O)/C=C/c1cc(NC(=O)C2CCC(=O)N2)ccc1F. The Kier molecular flexibility index (Phi) is 4.32. The second kappa shape index (κ2) is 6.17. The van der Waals surface area contributed by atoms with E-state index in [0.29, 0.717) is 18.5 Å². The van der Waals surface area contributed by atoms with E-state index in [0.717, 1.165) is 18.2 Å². The summed E-state index contributed by atoms with van der Waals surface area (Å²) in [5, 5.41) is 13.6. The maximum atomic E-state index is 13.5. The second-order valence-corrected chi connectivity index (χ2v) is 4.56. The van der Waals surface area contributed by atoms with E-state index >= 15 is 0 Å². The average molecular weight is 292 g/mol. The fourth-order valence-electron chi connectivity index (χ4n) is 1.95. The van der Waals surface area contributed by atoms with Crippen LogP contribution in [-0.4, -0.2) is 28.9 Å². The Labute approximate surface area is 119 Å². The lowest BCUT2D eigenvalue weighted by molar-refractivity contribution is -0.131. The fourth-order valence-corrected chi connectivity index (χ4v) is 1.95. The van der Waals surface area contributed by atoms with Crippen molar-refractivity contribution in [1.82, 2.24) is 5.32 Å². The summed E-state index contributed by atoms with van der Waals surface area (Å²) in [6.45, 7) is 0. The number of aliphatic carboxylic acids is 1. The molecule has 0 aromatic heterocycles. The zero-order valence-electron chi connectivity index (χ0n) is 10.9. The van der Waals surface area contributed by atoms with Crippen molar-refractivity contribution >= 4 is 29.5 Å². The van der Waals surface area contributed by atoms with Gasteiger partial charge in [-0.3, -0.25) is 9.59 Å². The van der Waals surface area contributed by atoms with Crippen molar-refractivity contribution in [2.75, 3.05) is 5.32 Å². The smallest absolute Gasteiger partial charge is 0.328 e. The molecular weight excluding hydrogens is 279 g/mol.